The van der Waals surface area contributed by atoms with Gasteiger partial charge in [-0.1, -0.05) is 11.6 Å². The van der Waals surface area contributed by atoms with Crippen LogP contribution in [0.2, 0.25) is 5.02 Å². The summed E-state index contributed by atoms with van der Waals surface area (Å²) >= 11 is 6.03. The summed E-state index contributed by atoms with van der Waals surface area (Å²) in [5.41, 5.74) is 0.754. The maximum Gasteiger partial charge on any atom is 0.303 e. The molecule has 1 aromatic rings. The molecule has 5 heteroatoms. The van der Waals surface area contributed by atoms with E-state index in [4.69, 9.17) is 21.4 Å². The van der Waals surface area contributed by atoms with Crippen LogP contribution >= 0.6 is 11.6 Å². The van der Waals surface area contributed by atoms with Crippen molar-refractivity contribution in [2.75, 3.05) is 12.4 Å². The van der Waals surface area contributed by atoms with Crippen molar-refractivity contribution in [3.8, 4) is 5.75 Å². The van der Waals surface area contributed by atoms with Crippen LogP contribution in [0.25, 0.3) is 0 Å². The topological polar surface area (TPSA) is 58.6 Å². The van der Waals surface area contributed by atoms with E-state index in [0.717, 1.165) is 5.69 Å². The van der Waals surface area contributed by atoms with Crippen LogP contribution in [0, 0.1) is 0 Å². The van der Waals surface area contributed by atoms with E-state index < -0.39 is 5.97 Å². The first-order valence-electron chi connectivity index (χ1n) is 5.34. The van der Waals surface area contributed by atoms with E-state index in [-0.39, 0.29) is 12.5 Å². The largest absolute Gasteiger partial charge is 0.497 e. The first-order chi connectivity index (χ1) is 8.02. The van der Waals surface area contributed by atoms with Gasteiger partial charge in [0.1, 0.15) is 5.75 Å². The fourth-order valence-electron chi connectivity index (χ4n) is 1.42. The van der Waals surface area contributed by atoms with Crippen LogP contribution in [0.3, 0.4) is 0 Å². The van der Waals surface area contributed by atoms with Crippen molar-refractivity contribution in [3.63, 3.8) is 0 Å². The molecule has 4 nitrogen and oxygen atoms in total. The molecule has 0 aliphatic carbocycles. The number of benzene rings is 1. The van der Waals surface area contributed by atoms with E-state index in [1.165, 1.54) is 0 Å². The van der Waals surface area contributed by atoms with Gasteiger partial charge in [-0.2, -0.15) is 0 Å². The number of carboxylic acids is 1. The minimum atomic E-state index is -0.796. The van der Waals surface area contributed by atoms with Crippen LogP contribution in [-0.4, -0.2) is 24.2 Å². The Bertz CT molecular complexity index is 395. The van der Waals surface area contributed by atoms with Crippen molar-refractivity contribution in [1.82, 2.24) is 0 Å². The van der Waals surface area contributed by atoms with Crippen LogP contribution in [-0.2, 0) is 4.79 Å². The monoisotopic (exact) mass is 257 g/mol. The Morgan fingerprint density at radius 3 is 2.88 bits per heavy atom. The summed E-state index contributed by atoms with van der Waals surface area (Å²) in [6, 6.07) is 5.34. The minimum Gasteiger partial charge on any atom is -0.497 e. The molecule has 0 aliphatic rings. The fraction of sp³-hybridized carbons (Fsp3) is 0.417. The number of carbonyl (C=O) groups is 1. The maximum absolute atomic E-state index is 10.4. The summed E-state index contributed by atoms with van der Waals surface area (Å²) in [6.45, 7) is 1.92. The van der Waals surface area contributed by atoms with Crippen molar-refractivity contribution in [1.29, 1.82) is 0 Å². The summed E-state index contributed by atoms with van der Waals surface area (Å²) in [5, 5.41) is 12.3. The normalized spacial score (nSPS) is 11.9. The quantitative estimate of drug-likeness (QED) is 0.823. The van der Waals surface area contributed by atoms with Crippen LogP contribution < -0.4 is 10.1 Å². The third-order valence-corrected chi connectivity index (χ3v) is 2.70. The molecule has 0 radical (unpaired) electrons. The van der Waals surface area contributed by atoms with Crippen molar-refractivity contribution in [2.45, 2.75) is 25.8 Å². The number of anilines is 1. The average molecular weight is 258 g/mol. The standard InChI is InChI=1S/C12H16ClNO3/c1-8(3-6-12(15)16)14-11-7-9(17-2)4-5-10(11)13/h4-5,7-8,14H,3,6H2,1-2H3,(H,15,16). The van der Waals surface area contributed by atoms with Crippen molar-refractivity contribution in [2.24, 2.45) is 0 Å². The number of rotatable bonds is 6. The van der Waals surface area contributed by atoms with Gasteiger partial charge in [-0.05, 0) is 25.5 Å². The van der Waals surface area contributed by atoms with Crippen molar-refractivity contribution < 1.29 is 14.6 Å². The molecule has 0 bridgehead atoms. The highest BCUT2D eigenvalue weighted by molar-refractivity contribution is 6.33. The number of methoxy groups -OCH3 is 1. The second kappa shape index (κ2) is 6.35. The Labute approximate surface area is 106 Å². The minimum absolute atomic E-state index is 0.0377. The number of ether oxygens (including phenoxy) is 1. The van der Waals surface area contributed by atoms with Gasteiger partial charge < -0.3 is 15.2 Å². The van der Waals surface area contributed by atoms with Gasteiger partial charge in [0.15, 0.2) is 0 Å². The summed E-state index contributed by atoms with van der Waals surface area (Å²) in [4.78, 5) is 10.4. The molecule has 17 heavy (non-hydrogen) atoms. The Morgan fingerprint density at radius 2 is 2.29 bits per heavy atom. The van der Waals surface area contributed by atoms with E-state index in [1.807, 2.05) is 6.92 Å². The summed E-state index contributed by atoms with van der Waals surface area (Å²) in [5.74, 6) is -0.0854. The zero-order valence-electron chi connectivity index (χ0n) is 9.87. The van der Waals surface area contributed by atoms with Gasteiger partial charge in [-0.15, -0.1) is 0 Å². The Morgan fingerprint density at radius 1 is 1.59 bits per heavy atom. The molecule has 0 aromatic heterocycles. The zero-order chi connectivity index (χ0) is 12.8. The lowest BCUT2D eigenvalue weighted by Gasteiger charge is -2.16. The molecule has 0 amide bonds. The molecule has 1 unspecified atom stereocenters. The Hall–Kier alpha value is -1.42. The third-order valence-electron chi connectivity index (χ3n) is 2.37. The van der Waals surface area contributed by atoms with E-state index in [1.54, 1.807) is 25.3 Å². The van der Waals surface area contributed by atoms with Gasteiger partial charge in [0.2, 0.25) is 0 Å². The highest BCUT2D eigenvalue weighted by Crippen LogP contribution is 2.27. The first-order valence-corrected chi connectivity index (χ1v) is 5.72. The van der Waals surface area contributed by atoms with Gasteiger partial charge in [-0.25, -0.2) is 0 Å². The molecule has 1 rings (SSSR count). The van der Waals surface area contributed by atoms with E-state index in [0.29, 0.717) is 17.2 Å². The van der Waals surface area contributed by atoms with Crippen molar-refractivity contribution >= 4 is 23.3 Å². The second-order valence-electron chi connectivity index (χ2n) is 3.82. The van der Waals surface area contributed by atoms with Crippen LogP contribution in [0.1, 0.15) is 19.8 Å². The van der Waals surface area contributed by atoms with Gasteiger partial charge in [0, 0.05) is 18.5 Å². The van der Waals surface area contributed by atoms with Crippen molar-refractivity contribution in [3.05, 3.63) is 23.2 Å². The first kappa shape index (κ1) is 13.6. The lowest BCUT2D eigenvalue weighted by Crippen LogP contribution is -2.16. The lowest BCUT2D eigenvalue weighted by atomic mass is 10.1. The van der Waals surface area contributed by atoms with E-state index >= 15 is 0 Å². The number of aliphatic carboxylic acids is 1. The molecule has 0 saturated heterocycles. The summed E-state index contributed by atoms with van der Waals surface area (Å²) < 4.78 is 5.10. The van der Waals surface area contributed by atoms with Crippen LogP contribution in [0.5, 0.6) is 5.75 Å². The predicted molar refractivity (Wildman–Crippen MR) is 68.0 cm³/mol. The van der Waals surface area contributed by atoms with E-state index in [2.05, 4.69) is 5.32 Å². The van der Waals surface area contributed by atoms with Crippen LogP contribution in [0.4, 0.5) is 5.69 Å². The molecule has 0 heterocycles. The Balaban J connectivity index is 2.63. The molecule has 1 aromatic carbocycles. The average Bonchev–Trinajstić information content (AvgIpc) is 2.29. The third kappa shape index (κ3) is 4.53. The second-order valence-corrected chi connectivity index (χ2v) is 4.23. The molecule has 2 N–H and O–H groups in total. The molecular weight excluding hydrogens is 242 g/mol. The highest BCUT2D eigenvalue weighted by Gasteiger charge is 2.08. The number of nitrogens with one attached hydrogen (secondary N) is 1. The fourth-order valence-corrected chi connectivity index (χ4v) is 1.59. The molecule has 0 aliphatic heterocycles. The molecule has 0 saturated carbocycles. The summed E-state index contributed by atoms with van der Waals surface area (Å²) in [6.07, 6.45) is 0.679. The number of hydrogen-bond donors (Lipinski definition) is 2. The van der Waals surface area contributed by atoms with Gasteiger partial charge in [0.25, 0.3) is 0 Å². The van der Waals surface area contributed by atoms with E-state index in [9.17, 15) is 4.79 Å². The number of carboxylic acid groups (broad SMARTS) is 1. The zero-order valence-corrected chi connectivity index (χ0v) is 10.6. The molecular formula is C12H16ClNO3. The number of halogens is 1. The maximum atomic E-state index is 10.4. The van der Waals surface area contributed by atoms with Gasteiger partial charge in [-0.3, -0.25) is 4.79 Å². The predicted octanol–water partition coefficient (Wildman–Crippen LogP) is 3.01. The molecule has 94 valence electrons. The number of hydrogen-bond acceptors (Lipinski definition) is 3. The highest BCUT2D eigenvalue weighted by atomic mass is 35.5. The smallest absolute Gasteiger partial charge is 0.303 e. The molecule has 1 atom stereocenters. The summed E-state index contributed by atoms with van der Waals surface area (Å²) in [7, 11) is 1.58. The molecule has 0 spiro atoms. The van der Waals surface area contributed by atoms with Gasteiger partial charge in [0.05, 0.1) is 17.8 Å². The van der Waals surface area contributed by atoms with Crippen LogP contribution in [0.15, 0.2) is 18.2 Å². The SMILES string of the molecule is COc1ccc(Cl)c(NC(C)CCC(=O)O)c1. The lowest BCUT2D eigenvalue weighted by molar-refractivity contribution is -0.137. The van der Waals surface area contributed by atoms with Gasteiger partial charge >= 0.3 is 5.97 Å². The molecule has 0 fully saturated rings. The Kier molecular flexibility index (Phi) is 5.10.